The minimum atomic E-state index is 0.692. The number of nitrogens with one attached hydrogen (secondary N) is 2. The Hall–Kier alpha value is -0.0800. The van der Waals surface area contributed by atoms with Gasteiger partial charge < -0.3 is 10.6 Å². The van der Waals surface area contributed by atoms with Gasteiger partial charge in [-0.3, -0.25) is 0 Å². The van der Waals surface area contributed by atoms with Gasteiger partial charge in [0.2, 0.25) is 0 Å². The Kier molecular flexibility index (Phi) is 5.11. The first-order chi connectivity index (χ1) is 7.84. The first kappa shape index (κ1) is 12.4. The van der Waals surface area contributed by atoms with Gasteiger partial charge in [0.05, 0.1) is 0 Å². The highest BCUT2D eigenvalue weighted by atomic mass is 15.0. The molecule has 2 fully saturated rings. The summed E-state index contributed by atoms with van der Waals surface area (Å²) in [5.74, 6) is 0.965. The molecule has 94 valence electrons. The maximum Gasteiger partial charge on any atom is 0.00822 e. The van der Waals surface area contributed by atoms with Crippen molar-refractivity contribution in [3.63, 3.8) is 0 Å². The molecule has 0 bridgehead atoms. The maximum absolute atomic E-state index is 3.74. The van der Waals surface area contributed by atoms with Gasteiger partial charge in [0, 0.05) is 12.1 Å². The van der Waals surface area contributed by atoms with Gasteiger partial charge in [-0.1, -0.05) is 19.3 Å². The van der Waals surface area contributed by atoms with E-state index in [1.54, 1.807) is 0 Å². The van der Waals surface area contributed by atoms with Crippen LogP contribution in [-0.4, -0.2) is 25.2 Å². The Labute approximate surface area is 101 Å². The molecule has 1 saturated carbocycles. The van der Waals surface area contributed by atoms with Gasteiger partial charge in [-0.15, -0.1) is 0 Å². The fraction of sp³-hybridized carbons (Fsp3) is 1.00. The molecule has 0 aromatic carbocycles. The summed E-state index contributed by atoms with van der Waals surface area (Å²) < 4.78 is 0. The fourth-order valence-electron chi connectivity index (χ4n) is 3.23. The van der Waals surface area contributed by atoms with Crippen LogP contribution in [0.1, 0.15) is 58.3 Å². The van der Waals surface area contributed by atoms with E-state index in [2.05, 4.69) is 17.6 Å². The Balaban J connectivity index is 1.57. The van der Waals surface area contributed by atoms with Crippen molar-refractivity contribution in [3.05, 3.63) is 0 Å². The summed E-state index contributed by atoms with van der Waals surface area (Å²) in [6.07, 6.45) is 11.4. The summed E-state index contributed by atoms with van der Waals surface area (Å²) in [6, 6.07) is 1.48. The number of hydrogen-bond acceptors (Lipinski definition) is 2. The van der Waals surface area contributed by atoms with Crippen LogP contribution in [0.3, 0.4) is 0 Å². The topological polar surface area (TPSA) is 24.1 Å². The molecule has 0 radical (unpaired) electrons. The summed E-state index contributed by atoms with van der Waals surface area (Å²) in [5.41, 5.74) is 0. The number of rotatable bonds is 5. The Morgan fingerprint density at radius 2 is 1.94 bits per heavy atom. The molecule has 0 spiro atoms. The standard InChI is InChI=1S/C14H28N2/c1-12(10-14-8-5-9-15-14)16-11-13-6-3-2-4-7-13/h12-16H,2-11H2,1H3. The lowest BCUT2D eigenvalue weighted by Crippen LogP contribution is -2.36. The Bertz CT molecular complexity index is 181. The van der Waals surface area contributed by atoms with Crippen LogP contribution in [0.25, 0.3) is 0 Å². The van der Waals surface area contributed by atoms with Crippen LogP contribution in [-0.2, 0) is 0 Å². The quantitative estimate of drug-likeness (QED) is 0.750. The van der Waals surface area contributed by atoms with Gasteiger partial charge in [-0.2, -0.15) is 0 Å². The molecule has 2 aliphatic rings. The van der Waals surface area contributed by atoms with Gasteiger partial charge in [0.1, 0.15) is 0 Å². The molecule has 2 atom stereocenters. The lowest BCUT2D eigenvalue weighted by Gasteiger charge is -2.25. The third-order valence-corrected chi connectivity index (χ3v) is 4.28. The van der Waals surface area contributed by atoms with E-state index in [0.29, 0.717) is 6.04 Å². The lowest BCUT2D eigenvalue weighted by atomic mass is 9.89. The highest BCUT2D eigenvalue weighted by Gasteiger charge is 2.18. The average Bonchev–Trinajstić information content (AvgIpc) is 2.81. The van der Waals surface area contributed by atoms with Gasteiger partial charge in [-0.25, -0.2) is 0 Å². The van der Waals surface area contributed by atoms with Crippen molar-refractivity contribution in [2.45, 2.75) is 70.4 Å². The molecular weight excluding hydrogens is 196 g/mol. The molecule has 1 aliphatic heterocycles. The van der Waals surface area contributed by atoms with Crippen LogP contribution in [0, 0.1) is 5.92 Å². The third kappa shape index (κ3) is 4.06. The van der Waals surface area contributed by atoms with Gasteiger partial charge in [-0.05, 0) is 58.0 Å². The zero-order valence-corrected chi connectivity index (χ0v) is 10.8. The maximum atomic E-state index is 3.74. The highest BCUT2D eigenvalue weighted by molar-refractivity contribution is 4.79. The molecule has 1 aliphatic carbocycles. The molecule has 0 amide bonds. The predicted molar refractivity (Wildman–Crippen MR) is 69.7 cm³/mol. The zero-order chi connectivity index (χ0) is 11.2. The summed E-state index contributed by atoms with van der Waals surface area (Å²) in [5, 5.41) is 7.32. The van der Waals surface area contributed by atoms with E-state index in [-0.39, 0.29) is 0 Å². The molecule has 0 aromatic rings. The van der Waals surface area contributed by atoms with Crippen LogP contribution in [0.2, 0.25) is 0 Å². The second-order valence-corrected chi connectivity index (χ2v) is 5.84. The van der Waals surface area contributed by atoms with Crippen molar-refractivity contribution >= 4 is 0 Å². The number of hydrogen-bond donors (Lipinski definition) is 2. The molecule has 2 nitrogen and oxygen atoms in total. The summed E-state index contributed by atoms with van der Waals surface area (Å²) in [7, 11) is 0. The first-order valence-electron chi connectivity index (χ1n) is 7.31. The van der Waals surface area contributed by atoms with Crippen molar-refractivity contribution < 1.29 is 0 Å². The molecule has 0 aromatic heterocycles. The van der Waals surface area contributed by atoms with E-state index in [1.807, 2.05) is 0 Å². The second kappa shape index (κ2) is 6.61. The van der Waals surface area contributed by atoms with Crippen LogP contribution in [0.5, 0.6) is 0 Å². The molecule has 2 rings (SSSR count). The van der Waals surface area contributed by atoms with E-state index >= 15 is 0 Å². The van der Waals surface area contributed by atoms with E-state index in [9.17, 15) is 0 Å². The van der Waals surface area contributed by atoms with Crippen LogP contribution in [0.15, 0.2) is 0 Å². The zero-order valence-electron chi connectivity index (χ0n) is 10.8. The molecule has 2 heteroatoms. The Morgan fingerprint density at radius 3 is 2.62 bits per heavy atom. The lowest BCUT2D eigenvalue weighted by molar-refractivity contribution is 0.320. The monoisotopic (exact) mass is 224 g/mol. The summed E-state index contributed by atoms with van der Waals surface area (Å²) >= 11 is 0. The van der Waals surface area contributed by atoms with Gasteiger partial charge >= 0.3 is 0 Å². The van der Waals surface area contributed by atoms with Crippen LogP contribution in [0.4, 0.5) is 0 Å². The molecule has 1 saturated heterocycles. The highest BCUT2D eigenvalue weighted by Crippen LogP contribution is 2.23. The normalized spacial score (nSPS) is 29.4. The average molecular weight is 224 g/mol. The molecule has 2 N–H and O–H groups in total. The molecule has 16 heavy (non-hydrogen) atoms. The fourth-order valence-corrected chi connectivity index (χ4v) is 3.23. The second-order valence-electron chi connectivity index (χ2n) is 5.84. The smallest absolute Gasteiger partial charge is 0.00822 e. The molecular formula is C14H28N2. The van der Waals surface area contributed by atoms with Crippen molar-refractivity contribution in [2.75, 3.05) is 13.1 Å². The van der Waals surface area contributed by atoms with E-state index in [1.165, 1.54) is 64.5 Å². The van der Waals surface area contributed by atoms with Crippen LogP contribution >= 0.6 is 0 Å². The molecule has 2 unspecified atom stereocenters. The summed E-state index contributed by atoms with van der Waals surface area (Å²) in [6.45, 7) is 4.84. The van der Waals surface area contributed by atoms with Crippen molar-refractivity contribution in [1.82, 2.24) is 10.6 Å². The van der Waals surface area contributed by atoms with Gasteiger partial charge in [0.15, 0.2) is 0 Å². The largest absolute Gasteiger partial charge is 0.314 e. The van der Waals surface area contributed by atoms with E-state index in [0.717, 1.165) is 12.0 Å². The van der Waals surface area contributed by atoms with Crippen LogP contribution < -0.4 is 10.6 Å². The minimum absolute atomic E-state index is 0.692. The summed E-state index contributed by atoms with van der Waals surface area (Å²) in [4.78, 5) is 0. The van der Waals surface area contributed by atoms with Gasteiger partial charge in [0.25, 0.3) is 0 Å². The third-order valence-electron chi connectivity index (χ3n) is 4.28. The molecule has 1 heterocycles. The Morgan fingerprint density at radius 1 is 1.12 bits per heavy atom. The first-order valence-corrected chi connectivity index (χ1v) is 7.31. The van der Waals surface area contributed by atoms with E-state index in [4.69, 9.17) is 0 Å². The van der Waals surface area contributed by atoms with Crippen molar-refractivity contribution in [2.24, 2.45) is 5.92 Å². The van der Waals surface area contributed by atoms with Crippen molar-refractivity contribution in [3.8, 4) is 0 Å². The van der Waals surface area contributed by atoms with Crippen molar-refractivity contribution in [1.29, 1.82) is 0 Å². The predicted octanol–water partition coefficient (Wildman–Crippen LogP) is 2.69. The van der Waals surface area contributed by atoms with E-state index < -0.39 is 0 Å². The minimum Gasteiger partial charge on any atom is -0.314 e. The SMILES string of the molecule is CC(CC1CCCN1)NCC1CCCCC1.